The molecule has 1 aliphatic rings. The smallest absolute Gasteiger partial charge is 0.203 e. The normalized spacial score (nSPS) is 15.6. The molecule has 0 aliphatic heterocycles. The van der Waals surface area contributed by atoms with Crippen molar-refractivity contribution in [2.24, 2.45) is 0 Å². The Hall–Kier alpha value is -0.990. The van der Waals surface area contributed by atoms with Crippen LogP contribution in [-0.4, -0.2) is 21.4 Å². The molecule has 1 unspecified atom stereocenters. The van der Waals surface area contributed by atoms with Gasteiger partial charge in [0, 0.05) is 17.3 Å². The van der Waals surface area contributed by atoms with E-state index in [-0.39, 0.29) is 0 Å². The summed E-state index contributed by atoms with van der Waals surface area (Å²) in [5.74, 6) is 1.10. The first-order valence-electron chi connectivity index (χ1n) is 8.36. The van der Waals surface area contributed by atoms with Crippen LogP contribution in [-0.2, 0) is 19.6 Å². The van der Waals surface area contributed by atoms with Crippen LogP contribution in [0.4, 0.5) is 0 Å². The van der Waals surface area contributed by atoms with E-state index in [0.29, 0.717) is 6.04 Å². The summed E-state index contributed by atoms with van der Waals surface area (Å²) in [5.41, 5.74) is 0. The van der Waals surface area contributed by atoms with Gasteiger partial charge in [0.25, 0.3) is 0 Å². The second-order valence-electron chi connectivity index (χ2n) is 6.55. The fourth-order valence-electron chi connectivity index (χ4n) is 3.01. The summed E-state index contributed by atoms with van der Waals surface area (Å²) in [7, 11) is 2.17. The molecular weight excluding hydrogens is 392 g/mol. The highest BCUT2D eigenvalue weighted by atomic mass is 35.5. The summed E-state index contributed by atoms with van der Waals surface area (Å²) in [6.07, 6.45) is 3.30. The minimum atomic E-state index is 0.549. The molecule has 4 nitrogen and oxygen atoms in total. The molecule has 0 saturated heterocycles. The predicted molar refractivity (Wildman–Crippen MR) is 106 cm³/mol. The Morgan fingerprint density at radius 3 is 2.80 bits per heavy atom. The summed E-state index contributed by atoms with van der Waals surface area (Å²) in [4.78, 5) is 3.97. The van der Waals surface area contributed by atoms with E-state index < -0.39 is 0 Å². The lowest BCUT2D eigenvalue weighted by Crippen LogP contribution is -3.06. The van der Waals surface area contributed by atoms with Crippen LogP contribution in [0.3, 0.4) is 0 Å². The fraction of sp³-hybridized carbons (Fsp3) is 0.412. The summed E-state index contributed by atoms with van der Waals surface area (Å²) in [6.45, 7) is 1.70. The molecule has 0 bridgehead atoms. The fourth-order valence-corrected chi connectivity index (χ4v) is 5.28. The first kappa shape index (κ1) is 17.4. The Kier molecular flexibility index (Phi) is 5.11. The second kappa shape index (κ2) is 7.32. The van der Waals surface area contributed by atoms with E-state index in [4.69, 9.17) is 28.9 Å². The standard InChI is InChI=1S/C17H19ClN4S3/c1-20(10-14-6-7-15(18)25-14)11-21-17(23)22(12-4-5-12)16(19-21)9-13-3-2-8-24-13/h2-3,6-8,12H,4-5,9-11H2,1H3/p+1. The van der Waals surface area contributed by atoms with E-state index >= 15 is 0 Å². The minimum absolute atomic E-state index is 0.549. The summed E-state index contributed by atoms with van der Waals surface area (Å²) in [6, 6.07) is 8.87. The van der Waals surface area contributed by atoms with Crippen molar-refractivity contribution in [3.05, 3.63) is 54.3 Å². The topological polar surface area (TPSA) is 27.2 Å². The van der Waals surface area contributed by atoms with Gasteiger partial charge in [0.1, 0.15) is 12.4 Å². The molecule has 0 aromatic carbocycles. The lowest BCUT2D eigenvalue weighted by Gasteiger charge is -2.12. The SMILES string of the molecule is C[NH+](Cc1ccc(Cl)s1)Cn1nc(Cc2cccs2)n(C2CC2)c1=S. The van der Waals surface area contributed by atoms with Crippen molar-refractivity contribution in [1.82, 2.24) is 14.3 Å². The average molecular weight is 412 g/mol. The lowest BCUT2D eigenvalue weighted by molar-refractivity contribution is -0.917. The molecule has 3 aromatic rings. The van der Waals surface area contributed by atoms with E-state index in [2.05, 4.69) is 35.2 Å². The monoisotopic (exact) mass is 411 g/mol. The molecule has 0 amide bonds. The van der Waals surface area contributed by atoms with Crippen molar-refractivity contribution in [1.29, 1.82) is 0 Å². The van der Waals surface area contributed by atoms with Crippen LogP contribution in [0.2, 0.25) is 4.34 Å². The molecule has 1 N–H and O–H groups in total. The Morgan fingerprint density at radius 2 is 2.16 bits per heavy atom. The summed E-state index contributed by atoms with van der Waals surface area (Å²) in [5, 5.41) is 6.99. The highest BCUT2D eigenvalue weighted by Crippen LogP contribution is 2.36. The molecule has 1 fully saturated rings. The Balaban J connectivity index is 1.54. The molecule has 1 atom stereocenters. The van der Waals surface area contributed by atoms with Gasteiger partial charge in [-0.1, -0.05) is 17.7 Å². The molecule has 0 spiro atoms. The largest absolute Gasteiger partial charge is 0.314 e. The van der Waals surface area contributed by atoms with Crippen molar-refractivity contribution in [2.45, 2.75) is 38.5 Å². The van der Waals surface area contributed by atoms with Crippen molar-refractivity contribution in [3.8, 4) is 0 Å². The Morgan fingerprint density at radius 1 is 1.32 bits per heavy atom. The van der Waals surface area contributed by atoms with Crippen LogP contribution in [0.1, 0.15) is 34.5 Å². The first-order chi connectivity index (χ1) is 12.1. The van der Waals surface area contributed by atoms with Gasteiger partial charge in [0.05, 0.1) is 16.3 Å². The van der Waals surface area contributed by atoms with Gasteiger partial charge in [-0.25, -0.2) is 0 Å². The van der Waals surface area contributed by atoms with Gasteiger partial charge in [0.2, 0.25) is 4.77 Å². The molecule has 3 heterocycles. The number of hydrogen-bond acceptors (Lipinski definition) is 4. The van der Waals surface area contributed by atoms with Gasteiger partial charge >= 0.3 is 0 Å². The van der Waals surface area contributed by atoms with Crippen LogP contribution in [0.5, 0.6) is 0 Å². The predicted octanol–water partition coefficient (Wildman–Crippen LogP) is 3.79. The minimum Gasteiger partial charge on any atom is -0.314 e. The number of nitrogens with zero attached hydrogens (tertiary/aromatic N) is 3. The van der Waals surface area contributed by atoms with Gasteiger partial charge < -0.3 is 9.47 Å². The molecule has 132 valence electrons. The van der Waals surface area contributed by atoms with E-state index in [1.165, 1.54) is 27.5 Å². The van der Waals surface area contributed by atoms with E-state index in [0.717, 1.165) is 34.6 Å². The van der Waals surface area contributed by atoms with Gasteiger partial charge in [-0.2, -0.15) is 9.78 Å². The second-order valence-corrected chi connectivity index (χ2v) is 9.75. The lowest BCUT2D eigenvalue weighted by atomic mass is 10.3. The van der Waals surface area contributed by atoms with Crippen molar-refractivity contribution in [3.63, 3.8) is 0 Å². The van der Waals surface area contributed by atoms with E-state index in [9.17, 15) is 0 Å². The third-order valence-electron chi connectivity index (χ3n) is 4.29. The number of nitrogens with one attached hydrogen (secondary N) is 1. The van der Waals surface area contributed by atoms with Crippen LogP contribution >= 0.6 is 46.5 Å². The van der Waals surface area contributed by atoms with Crippen molar-refractivity contribution < 1.29 is 4.90 Å². The van der Waals surface area contributed by atoms with Crippen LogP contribution in [0, 0.1) is 4.77 Å². The zero-order chi connectivity index (χ0) is 17.4. The molecule has 4 rings (SSSR count). The zero-order valence-corrected chi connectivity index (χ0v) is 17.1. The van der Waals surface area contributed by atoms with Gasteiger partial charge in [-0.3, -0.25) is 0 Å². The number of halogens is 1. The quantitative estimate of drug-likeness (QED) is 0.599. The van der Waals surface area contributed by atoms with Crippen LogP contribution < -0.4 is 4.90 Å². The molecule has 8 heteroatoms. The highest BCUT2D eigenvalue weighted by Gasteiger charge is 2.29. The van der Waals surface area contributed by atoms with Crippen LogP contribution in [0.25, 0.3) is 0 Å². The number of hydrogen-bond donors (Lipinski definition) is 1. The molecule has 0 radical (unpaired) electrons. The van der Waals surface area contributed by atoms with Crippen molar-refractivity contribution >= 4 is 46.5 Å². The van der Waals surface area contributed by atoms with Crippen molar-refractivity contribution in [2.75, 3.05) is 7.05 Å². The number of aromatic nitrogens is 3. The van der Waals surface area contributed by atoms with Crippen LogP contribution in [0.15, 0.2) is 29.6 Å². The molecule has 1 aliphatic carbocycles. The average Bonchev–Trinajstić information content (AvgIpc) is 2.96. The van der Waals surface area contributed by atoms with Gasteiger partial charge in [-0.05, 0) is 48.6 Å². The maximum Gasteiger partial charge on any atom is 0.203 e. The third kappa shape index (κ3) is 4.06. The first-order valence-corrected chi connectivity index (χ1v) is 10.8. The number of rotatable bonds is 7. The maximum atomic E-state index is 6.04. The summed E-state index contributed by atoms with van der Waals surface area (Å²) < 4.78 is 5.99. The van der Waals surface area contributed by atoms with E-state index in [1.54, 1.807) is 22.7 Å². The molecule has 3 aromatic heterocycles. The Labute approximate surface area is 165 Å². The van der Waals surface area contributed by atoms with Gasteiger partial charge in [-0.15, -0.1) is 22.7 Å². The Bertz CT molecular complexity index is 905. The zero-order valence-electron chi connectivity index (χ0n) is 13.9. The van der Waals surface area contributed by atoms with Gasteiger partial charge in [0.15, 0.2) is 6.67 Å². The number of quaternary nitrogens is 1. The summed E-state index contributed by atoms with van der Waals surface area (Å²) >= 11 is 15.2. The van der Waals surface area contributed by atoms with E-state index in [1.807, 2.05) is 10.7 Å². The molecular formula is C17H20ClN4S3+. The molecule has 1 saturated carbocycles. The highest BCUT2D eigenvalue weighted by molar-refractivity contribution is 7.71. The molecule has 25 heavy (non-hydrogen) atoms. The third-order valence-corrected chi connectivity index (χ3v) is 6.81. The number of thiophene rings is 2. The maximum absolute atomic E-state index is 6.04.